The van der Waals surface area contributed by atoms with E-state index in [0.717, 1.165) is 6.07 Å². The summed E-state index contributed by atoms with van der Waals surface area (Å²) < 4.78 is 27.3. The van der Waals surface area contributed by atoms with Crippen LogP contribution in [-0.2, 0) is 10.0 Å². The minimum absolute atomic E-state index is 0.105. The fraction of sp³-hybridized carbons (Fsp3) is 0.500. The Labute approximate surface area is 128 Å². The number of sulfonamides is 1. The van der Waals surface area contributed by atoms with Gasteiger partial charge in [0, 0.05) is 30.5 Å². The molecule has 7 nitrogen and oxygen atoms in total. The Morgan fingerprint density at radius 1 is 1.43 bits per heavy atom. The van der Waals surface area contributed by atoms with E-state index in [1.54, 1.807) is 6.92 Å². The zero-order valence-electron chi connectivity index (χ0n) is 12.1. The van der Waals surface area contributed by atoms with E-state index in [1.807, 2.05) is 13.2 Å². The minimum atomic E-state index is -3.82. The fourth-order valence-electron chi connectivity index (χ4n) is 1.80. The van der Waals surface area contributed by atoms with E-state index in [0.29, 0.717) is 18.0 Å². The molecule has 0 spiro atoms. The van der Waals surface area contributed by atoms with Gasteiger partial charge in [0.1, 0.15) is 4.90 Å². The Kier molecular flexibility index (Phi) is 6.43. The van der Waals surface area contributed by atoms with Gasteiger partial charge in [-0.3, -0.25) is 10.1 Å². The molecule has 1 unspecified atom stereocenters. The molecule has 1 rings (SSSR count). The highest BCUT2D eigenvalue weighted by molar-refractivity contribution is 7.98. The molecule has 1 aromatic carbocycles. The molecule has 0 heterocycles. The number of hydrogen-bond donors (Lipinski definition) is 2. The molecule has 0 saturated carbocycles. The van der Waals surface area contributed by atoms with Crippen LogP contribution in [0, 0.1) is 10.1 Å². The Morgan fingerprint density at radius 2 is 2.10 bits per heavy atom. The number of rotatable bonds is 8. The Balaban J connectivity index is 3.23. The van der Waals surface area contributed by atoms with E-state index < -0.39 is 14.9 Å². The maximum atomic E-state index is 12.4. The lowest BCUT2D eigenvalue weighted by molar-refractivity contribution is -0.385. The van der Waals surface area contributed by atoms with E-state index in [1.165, 1.54) is 23.9 Å². The van der Waals surface area contributed by atoms with Crippen LogP contribution >= 0.6 is 11.8 Å². The highest BCUT2D eigenvalue weighted by atomic mass is 32.2. The second kappa shape index (κ2) is 7.62. The average Bonchev–Trinajstić information content (AvgIpc) is 2.38. The number of nitro groups is 1. The summed E-state index contributed by atoms with van der Waals surface area (Å²) in [5, 5.41) is 13.7. The second-order valence-electron chi connectivity index (χ2n) is 4.45. The third-order valence-electron chi connectivity index (χ3n) is 2.61. The topological polar surface area (TPSA) is 101 Å². The molecule has 0 aromatic heterocycles. The summed E-state index contributed by atoms with van der Waals surface area (Å²) in [5.74, 6) is 0.616. The number of non-ortho nitro benzene ring substituents is 1. The zero-order valence-corrected chi connectivity index (χ0v) is 13.8. The van der Waals surface area contributed by atoms with Crippen molar-refractivity contribution >= 4 is 33.2 Å². The summed E-state index contributed by atoms with van der Waals surface area (Å²) in [4.78, 5) is 10.1. The second-order valence-corrected chi connectivity index (χ2v) is 7.04. The fourth-order valence-corrected chi connectivity index (χ4v) is 3.93. The van der Waals surface area contributed by atoms with Crippen molar-refractivity contribution in [2.45, 2.75) is 24.8 Å². The van der Waals surface area contributed by atoms with Crippen LogP contribution in [0.25, 0.3) is 0 Å². The van der Waals surface area contributed by atoms with Crippen molar-refractivity contribution in [1.82, 2.24) is 4.72 Å². The first-order valence-electron chi connectivity index (χ1n) is 6.35. The smallest absolute Gasteiger partial charge is 0.270 e. The standard InChI is InChI=1S/C12H19N3O4S2/c1-4-13-11-6-5-10(15(16)17)7-12(11)21(18,19)14-9(2)8-20-3/h5-7,9,13-14H,4,8H2,1-3H3. The van der Waals surface area contributed by atoms with Gasteiger partial charge in [-0.2, -0.15) is 11.8 Å². The summed E-state index contributed by atoms with van der Waals surface area (Å²) in [5.41, 5.74) is 0.0986. The normalized spacial score (nSPS) is 12.9. The number of nitrogens with one attached hydrogen (secondary N) is 2. The average molecular weight is 333 g/mol. The van der Waals surface area contributed by atoms with Gasteiger partial charge in [-0.15, -0.1) is 0 Å². The van der Waals surface area contributed by atoms with Crippen LogP contribution in [-0.4, -0.2) is 37.9 Å². The van der Waals surface area contributed by atoms with Crippen molar-refractivity contribution in [2.75, 3.05) is 23.9 Å². The SMILES string of the molecule is CCNc1ccc([N+](=O)[O-])cc1S(=O)(=O)NC(C)CSC. The van der Waals surface area contributed by atoms with Gasteiger partial charge >= 0.3 is 0 Å². The summed E-state index contributed by atoms with van der Waals surface area (Å²) in [6, 6.07) is 3.50. The minimum Gasteiger partial charge on any atom is -0.384 e. The van der Waals surface area contributed by atoms with E-state index in [9.17, 15) is 18.5 Å². The van der Waals surface area contributed by atoms with Gasteiger partial charge in [-0.05, 0) is 26.2 Å². The molecule has 1 aromatic rings. The molecule has 0 bridgehead atoms. The van der Waals surface area contributed by atoms with Crippen LogP contribution in [0.2, 0.25) is 0 Å². The van der Waals surface area contributed by atoms with Crippen molar-refractivity contribution in [2.24, 2.45) is 0 Å². The van der Waals surface area contributed by atoms with Gasteiger partial charge in [0.2, 0.25) is 10.0 Å². The molecular weight excluding hydrogens is 314 g/mol. The zero-order chi connectivity index (χ0) is 16.0. The van der Waals surface area contributed by atoms with Crippen LogP contribution in [0.15, 0.2) is 23.1 Å². The van der Waals surface area contributed by atoms with Gasteiger partial charge < -0.3 is 5.32 Å². The van der Waals surface area contributed by atoms with E-state index in [2.05, 4.69) is 10.0 Å². The molecule has 0 radical (unpaired) electrons. The molecule has 0 aliphatic carbocycles. The lowest BCUT2D eigenvalue weighted by atomic mass is 10.3. The van der Waals surface area contributed by atoms with Crippen LogP contribution in [0.4, 0.5) is 11.4 Å². The first-order chi connectivity index (χ1) is 9.81. The molecule has 0 fully saturated rings. The molecular formula is C12H19N3O4S2. The van der Waals surface area contributed by atoms with Gasteiger partial charge in [0.25, 0.3) is 5.69 Å². The Morgan fingerprint density at radius 3 is 2.62 bits per heavy atom. The van der Waals surface area contributed by atoms with Crippen molar-refractivity contribution in [3.05, 3.63) is 28.3 Å². The van der Waals surface area contributed by atoms with Crippen LogP contribution in [0.3, 0.4) is 0 Å². The van der Waals surface area contributed by atoms with Gasteiger partial charge in [0.05, 0.1) is 10.6 Å². The maximum Gasteiger partial charge on any atom is 0.270 e. The summed E-state index contributed by atoms with van der Waals surface area (Å²) >= 11 is 1.52. The van der Waals surface area contributed by atoms with Gasteiger partial charge in [0.15, 0.2) is 0 Å². The molecule has 0 aliphatic rings. The van der Waals surface area contributed by atoms with E-state index in [-0.39, 0.29) is 16.6 Å². The van der Waals surface area contributed by atoms with Crippen LogP contribution in [0.1, 0.15) is 13.8 Å². The highest BCUT2D eigenvalue weighted by Crippen LogP contribution is 2.26. The third-order valence-corrected chi connectivity index (χ3v) is 5.07. The maximum absolute atomic E-state index is 12.4. The third kappa shape index (κ3) is 4.87. The summed E-state index contributed by atoms with van der Waals surface area (Å²) in [6.07, 6.45) is 1.88. The monoisotopic (exact) mass is 333 g/mol. The lowest BCUT2D eigenvalue weighted by Gasteiger charge is -2.16. The Bertz CT molecular complexity index is 605. The van der Waals surface area contributed by atoms with Crippen molar-refractivity contribution < 1.29 is 13.3 Å². The largest absolute Gasteiger partial charge is 0.384 e. The van der Waals surface area contributed by atoms with E-state index >= 15 is 0 Å². The Hall–Kier alpha value is -1.32. The first-order valence-corrected chi connectivity index (χ1v) is 9.23. The quantitative estimate of drug-likeness (QED) is 0.558. The van der Waals surface area contributed by atoms with E-state index in [4.69, 9.17) is 0 Å². The number of anilines is 1. The molecule has 0 saturated heterocycles. The molecule has 21 heavy (non-hydrogen) atoms. The summed E-state index contributed by atoms with van der Waals surface area (Å²) in [6.45, 7) is 4.08. The predicted octanol–water partition coefficient (Wildman–Crippen LogP) is 2.06. The lowest BCUT2D eigenvalue weighted by Crippen LogP contribution is -2.34. The molecule has 1 atom stereocenters. The molecule has 0 aliphatic heterocycles. The predicted molar refractivity (Wildman–Crippen MR) is 85.4 cm³/mol. The number of benzene rings is 1. The first kappa shape index (κ1) is 17.7. The number of hydrogen-bond acceptors (Lipinski definition) is 6. The van der Waals surface area contributed by atoms with Gasteiger partial charge in [-0.25, -0.2) is 13.1 Å². The van der Waals surface area contributed by atoms with Crippen molar-refractivity contribution in [1.29, 1.82) is 0 Å². The number of nitrogens with zero attached hydrogens (tertiary/aromatic N) is 1. The summed E-state index contributed by atoms with van der Waals surface area (Å²) in [7, 11) is -3.82. The molecule has 2 N–H and O–H groups in total. The molecule has 0 amide bonds. The number of thioether (sulfide) groups is 1. The van der Waals surface area contributed by atoms with Crippen molar-refractivity contribution in [3.63, 3.8) is 0 Å². The highest BCUT2D eigenvalue weighted by Gasteiger charge is 2.23. The molecule has 118 valence electrons. The van der Waals surface area contributed by atoms with Crippen molar-refractivity contribution in [3.8, 4) is 0 Å². The van der Waals surface area contributed by atoms with Gasteiger partial charge in [-0.1, -0.05) is 0 Å². The number of nitro benzene ring substituents is 1. The van der Waals surface area contributed by atoms with Crippen LogP contribution in [0.5, 0.6) is 0 Å². The van der Waals surface area contributed by atoms with Crippen LogP contribution < -0.4 is 10.0 Å². The molecule has 9 heteroatoms.